The molecular weight excluding hydrogens is 432 g/mol. The Morgan fingerprint density at radius 2 is 1.82 bits per heavy atom. The van der Waals surface area contributed by atoms with Gasteiger partial charge in [0.1, 0.15) is 11.5 Å². The third-order valence-corrected chi connectivity index (χ3v) is 6.81. The number of aromatic amines is 1. The van der Waals surface area contributed by atoms with Gasteiger partial charge in [0.15, 0.2) is 11.6 Å². The molecule has 0 amide bonds. The molecule has 1 aliphatic carbocycles. The first-order chi connectivity index (χ1) is 16.6. The molecular formula is C25H30N6O3. The van der Waals surface area contributed by atoms with E-state index >= 15 is 0 Å². The summed E-state index contributed by atoms with van der Waals surface area (Å²) < 4.78 is 6.37. The van der Waals surface area contributed by atoms with Crippen LogP contribution >= 0.6 is 0 Å². The van der Waals surface area contributed by atoms with Gasteiger partial charge in [-0.15, -0.1) is 0 Å². The Balaban J connectivity index is 1.11. The van der Waals surface area contributed by atoms with Crippen LogP contribution in [0.1, 0.15) is 44.9 Å². The molecule has 1 saturated heterocycles. The molecule has 178 valence electrons. The topological polar surface area (TPSA) is 117 Å². The van der Waals surface area contributed by atoms with Crippen molar-refractivity contribution in [2.24, 2.45) is 5.92 Å². The van der Waals surface area contributed by atoms with Crippen molar-refractivity contribution in [3.05, 3.63) is 42.7 Å². The van der Waals surface area contributed by atoms with Crippen LogP contribution in [0.4, 0.5) is 5.82 Å². The zero-order valence-corrected chi connectivity index (χ0v) is 19.1. The second-order valence-electron chi connectivity index (χ2n) is 9.19. The highest BCUT2D eigenvalue weighted by atomic mass is 16.5. The van der Waals surface area contributed by atoms with Crippen LogP contribution in [-0.4, -0.2) is 61.5 Å². The number of aromatic nitrogens is 5. The molecule has 0 radical (unpaired) electrons. The number of aliphatic carboxylic acids is 1. The van der Waals surface area contributed by atoms with Crippen LogP contribution in [0.15, 0.2) is 42.7 Å². The van der Waals surface area contributed by atoms with Crippen molar-refractivity contribution in [3.8, 4) is 22.9 Å². The molecule has 9 heteroatoms. The van der Waals surface area contributed by atoms with E-state index in [1.54, 1.807) is 6.20 Å². The second kappa shape index (κ2) is 10.3. The van der Waals surface area contributed by atoms with Crippen molar-refractivity contribution in [2.45, 2.75) is 57.2 Å². The lowest BCUT2D eigenvalue weighted by atomic mass is 9.85. The number of carboxylic acid groups (broad SMARTS) is 1. The molecule has 0 unspecified atom stereocenters. The fourth-order valence-electron chi connectivity index (χ4n) is 4.93. The van der Waals surface area contributed by atoms with Gasteiger partial charge in [0, 0.05) is 37.5 Å². The van der Waals surface area contributed by atoms with Crippen LogP contribution in [0, 0.1) is 5.92 Å². The van der Waals surface area contributed by atoms with E-state index in [1.165, 1.54) is 0 Å². The predicted octanol–water partition coefficient (Wildman–Crippen LogP) is 3.95. The van der Waals surface area contributed by atoms with Crippen molar-refractivity contribution in [1.29, 1.82) is 0 Å². The van der Waals surface area contributed by atoms with E-state index in [-0.39, 0.29) is 12.2 Å². The molecule has 2 aliphatic rings. The van der Waals surface area contributed by atoms with Gasteiger partial charge in [-0.25, -0.2) is 9.97 Å². The van der Waals surface area contributed by atoms with Crippen LogP contribution in [0.2, 0.25) is 0 Å². The monoisotopic (exact) mass is 462 g/mol. The van der Waals surface area contributed by atoms with Gasteiger partial charge >= 0.3 is 5.97 Å². The number of anilines is 1. The van der Waals surface area contributed by atoms with E-state index < -0.39 is 5.97 Å². The van der Waals surface area contributed by atoms with E-state index in [2.05, 4.69) is 30.0 Å². The summed E-state index contributed by atoms with van der Waals surface area (Å²) in [5.41, 5.74) is 1.61. The number of carbonyl (C=O) groups is 1. The van der Waals surface area contributed by atoms with Crippen molar-refractivity contribution >= 4 is 11.8 Å². The summed E-state index contributed by atoms with van der Waals surface area (Å²) in [5.74, 6) is 1.82. The zero-order chi connectivity index (χ0) is 23.3. The Labute approximate surface area is 198 Å². The molecule has 9 nitrogen and oxygen atoms in total. The highest BCUT2D eigenvalue weighted by Crippen LogP contribution is 2.31. The molecule has 0 bridgehead atoms. The van der Waals surface area contributed by atoms with Crippen molar-refractivity contribution in [1.82, 2.24) is 25.1 Å². The maximum absolute atomic E-state index is 10.9. The molecule has 1 saturated carbocycles. The Morgan fingerprint density at radius 1 is 1.03 bits per heavy atom. The Morgan fingerprint density at radius 3 is 2.50 bits per heavy atom. The van der Waals surface area contributed by atoms with Gasteiger partial charge in [-0.3, -0.25) is 14.9 Å². The van der Waals surface area contributed by atoms with E-state index in [4.69, 9.17) is 9.84 Å². The highest BCUT2D eigenvalue weighted by molar-refractivity contribution is 5.67. The lowest BCUT2D eigenvalue weighted by Gasteiger charge is -2.36. The number of piperidine rings is 1. The van der Waals surface area contributed by atoms with Gasteiger partial charge in [0.25, 0.3) is 0 Å². The van der Waals surface area contributed by atoms with Crippen molar-refractivity contribution in [3.63, 3.8) is 0 Å². The molecule has 4 heterocycles. The number of pyridine rings is 2. The fraction of sp³-hybridized carbons (Fsp3) is 0.480. The molecule has 2 N–H and O–H groups in total. The van der Waals surface area contributed by atoms with E-state index in [1.807, 2.05) is 36.5 Å². The molecule has 0 spiro atoms. The number of nitrogens with zero attached hydrogens (tertiary/aromatic N) is 5. The van der Waals surface area contributed by atoms with E-state index in [9.17, 15) is 4.79 Å². The molecule has 5 rings (SSSR count). The van der Waals surface area contributed by atoms with Crippen LogP contribution < -0.4 is 4.90 Å². The van der Waals surface area contributed by atoms with Crippen LogP contribution in [-0.2, 0) is 9.53 Å². The Kier molecular flexibility index (Phi) is 6.80. The third kappa shape index (κ3) is 5.41. The number of hydrogen-bond acceptors (Lipinski definition) is 7. The first kappa shape index (κ1) is 22.5. The summed E-state index contributed by atoms with van der Waals surface area (Å²) in [6.45, 7) is 1.83. The maximum atomic E-state index is 10.9. The number of nitrogens with one attached hydrogen (secondary N) is 1. The summed E-state index contributed by atoms with van der Waals surface area (Å²) >= 11 is 0. The molecule has 3 aromatic heterocycles. The van der Waals surface area contributed by atoms with E-state index in [0.717, 1.165) is 68.7 Å². The minimum atomic E-state index is -0.687. The van der Waals surface area contributed by atoms with Gasteiger partial charge in [0.2, 0.25) is 0 Å². The molecule has 34 heavy (non-hydrogen) atoms. The average molecular weight is 463 g/mol. The van der Waals surface area contributed by atoms with Gasteiger partial charge in [-0.2, -0.15) is 5.10 Å². The van der Waals surface area contributed by atoms with Gasteiger partial charge < -0.3 is 14.7 Å². The first-order valence-corrected chi connectivity index (χ1v) is 12.1. The second-order valence-corrected chi connectivity index (χ2v) is 9.19. The van der Waals surface area contributed by atoms with Crippen molar-refractivity contribution < 1.29 is 14.6 Å². The van der Waals surface area contributed by atoms with Crippen LogP contribution in [0.3, 0.4) is 0 Å². The lowest BCUT2D eigenvalue weighted by molar-refractivity contribution is -0.138. The third-order valence-electron chi connectivity index (χ3n) is 6.81. The summed E-state index contributed by atoms with van der Waals surface area (Å²) in [5, 5.41) is 16.2. The largest absolute Gasteiger partial charge is 0.481 e. The van der Waals surface area contributed by atoms with Gasteiger partial charge in [-0.05, 0) is 68.7 Å². The maximum Gasteiger partial charge on any atom is 0.303 e. The smallest absolute Gasteiger partial charge is 0.303 e. The highest BCUT2D eigenvalue weighted by Gasteiger charge is 2.28. The number of carboxylic acids is 1. The van der Waals surface area contributed by atoms with Crippen LogP contribution in [0.5, 0.6) is 0 Å². The number of H-pyrrole nitrogens is 1. The number of rotatable bonds is 7. The normalized spacial score (nSPS) is 21.5. The van der Waals surface area contributed by atoms with E-state index in [0.29, 0.717) is 24.0 Å². The van der Waals surface area contributed by atoms with Crippen molar-refractivity contribution in [2.75, 3.05) is 18.0 Å². The number of ether oxygens (including phenoxy) is 1. The van der Waals surface area contributed by atoms with Gasteiger partial charge in [-0.1, -0.05) is 6.07 Å². The predicted molar refractivity (Wildman–Crippen MR) is 127 cm³/mol. The Hall–Kier alpha value is -3.33. The molecule has 1 aliphatic heterocycles. The first-order valence-electron chi connectivity index (χ1n) is 12.1. The zero-order valence-electron chi connectivity index (χ0n) is 19.1. The summed E-state index contributed by atoms with van der Waals surface area (Å²) in [7, 11) is 0. The standard InChI is InChI=1S/C25H30N6O3/c32-23(33)15-17-4-7-19(8-5-17)34-20-10-13-31(14-11-20)22-9-6-18(16-27-22)24-28-25(30-29-24)21-3-1-2-12-26-21/h1-3,6,9,12,16-17,19-20H,4-5,7-8,10-11,13-15H2,(H,32,33)(H,28,29,30). The summed E-state index contributed by atoms with van der Waals surface area (Å²) in [6.07, 6.45) is 10.2. The Bertz CT molecular complexity index is 1070. The van der Waals surface area contributed by atoms with Crippen LogP contribution in [0.25, 0.3) is 22.9 Å². The average Bonchev–Trinajstić information content (AvgIpc) is 3.37. The molecule has 0 atom stereocenters. The van der Waals surface area contributed by atoms with Gasteiger partial charge in [0.05, 0.1) is 12.2 Å². The minimum Gasteiger partial charge on any atom is -0.481 e. The number of hydrogen-bond donors (Lipinski definition) is 2. The SMILES string of the molecule is O=C(O)CC1CCC(OC2CCN(c3ccc(-c4n[nH]c(-c5ccccn5)n4)cn3)CC2)CC1. The minimum absolute atomic E-state index is 0.273. The lowest BCUT2D eigenvalue weighted by Crippen LogP contribution is -2.39. The summed E-state index contributed by atoms with van der Waals surface area (Å²) in [6, 6.07) is 9.71. The molecule has 0 aromatic carbocycles. The molecule has 3 aromatic rings. The quantitative estimate of drug-likeness (QED) is 0.542. The fourth-order valence-corrected chi connectivity index (χ4v) is 4.93. The summed E-state index contributed by atoms with van der Waals surface area (Å²) in [4.78, 5) is 26.7. The molecule has 2 fully saturated rings.